The Morgan fingerprint density at radius 1 is 1.14 bits per heavy atom. The largest absolute Gasteiger partial charge is 0.382 e. The molecular weight excluding hydrogens is 358 g/mol. The molecular formula is C17H25N11. The summed E-state index contributed by atoms with van der Waals surface area (Å²) >= 11 is 0. The SMILES string of the molecule is [C-]#[N+]c1cnn(C2CCCCN2)c1N=Nc1c(C)nn(C2NCCCN2)c1N. The normalized spacial score (nSPS) is 21.2. The predicted octanol–water partition coefficient (Wildman–Crippen LogP) is 2.25. The summed E-state index contributed by atoms with van der Waals surface area (Å²) in [5.41, 5.74) is 7.86. The maximum absolute atomic E-state index is 7.41. The third-order valence-electron chi connectivity index (χ3n) is 5.06. The van der Waals surface area contributed by atoms with E-state index in [-0.39, 0.29) is 12.5 Å². The lowest BCUT2D eigenvalue weighted by Gasteiger charge is -2.25. The van der Waals surface area contributed by atoms with Gasteiger partial charge in [-0.3, -0.25) is 16.0 Å². The van der Waals surface area contributed by atoms with Crippen LogP contribution in [0.15, 0.2) is 16.4 Å². The fourth-order valence-corrected chi connectivity index (χ4v) is 3.58. The van der Waals surface area contributed by atoms with Crippen molar-refractivity contribution < 1.29 is 0 Å². The average Bonchev–Trinajstić information content (AvgIpc) is 3.28. The molecule has 0 amide bonds. The number of anilines is 1. The van der Waals surface area contributed by atoms with Gasteiger partial charge in [-0.2, -0.15) is 10.2 Å². The minimum Gasteiger partial charge on any atom is -0.382 e. The Morgan fingerprint density at radius 3 is 2.64 bits per heavy atom. The second kappa shape index (κ2) is 8.05. The molecule has 1 unspecified atom stereocenters. The summed E-state index contributed by atoms with van der Waals surface area (Å²) in [4.78, 5) is 3.53. The smallest absolute Gasteiger partial charge is 0.251 e. The highest BCUT2D eigenvalue weighted by molar-refractivity contribution is 5.64. The molecule has 0 aliphatic carbocycles. The van der Waals surface area contributed by atoms with E-state index in [0.717, 1.165) is 45.3 Å². The number of nitrogens with one attached hydrogen (secondary N) is 3. The van der Waals surface area contributed by atoms with Crippen molar-refractivity contribution in [2.75, 3.05) is 25.4 Å². The molecule has 2 aromatic rings. The first-order valence-corrected chi connectivity index (χ1v) is 9.60. The molecule has 1 atom stereocenters. The number of piperidine rings is 1. The van der Waals surface area contributed by atoms with Crippen molar-refractivity contribution in [3.05, 3.63) is 23.3 Å². The predicted molar refractivity (Wildman–Crippen MR) is 105 cm³/mol. The molecule has 5 N–H and O–H groups in total. The van der Waals surface area contributed by atoms with E-state index < -0.39 is 0 Å². The minimum absolute atomic E-state index is 0.0232. The third kappa shape index (κ3) is 3.49. The number of hydrogen-bond donors (Lipinski definition) is 4. The highest BCUT2D eigenvalue weighted by Gasteiger charge is 2.23. The van der Waals surface area contributed by atoms with Gasteiger partial charge >= 0.3 is 0 Å². The maximum Gasteiger partial charge on any atom is 0.251 e. The second-order valence-electron chi connectivity index (χ2n) is 7.00. The number of nitrogen functional groups attached to an aromatic ring is 1. The number of aromatic nitrogens is 4. The Labute approximate surface area is 163 Å². The zero-order chi connectivity index (χ0) is 19.5. The molecule has 0 bridgehead atoms. The number of hydrogen-bond acceptors (Lipinski definition) is 8. The van der Waals surface area contributed by atoms with Crippen LogP contribution in [0.2, 0.25) is 0 Å². The lowest BCUT2D eigenvalue weighted by molar-refractivity contribution is 0.270. The van der Waals surface area contributed by atoms with Crippen molar-refractivity contribution in [2.45, 2.75) is 45.1 Å². The second-order valence-corrected chi connectivity index (χ2v) is 7.00. The van der Waals surface area contributed by atoms with Crippen molar-refractivity contribution in [3.8, 4) is 0 Å². The highest BCUT2D eigenvalue weighted by Crippen LogP contribution is 2.35. The van der Waals surface area contributed by atoms with E-state index in [2.05, 4.69) is 41.2 Å². The van der Waals surface area contributed by atoms with Crippen LogP contribution in [0, 0.1) is 13.5 Å². The van der Waals surface area contributed by atoms with Gasteiger partial charge in [-0.25, -0.2) is 14.2 Å². The Hall–Kier alpha value is -2.81. The van der Waals surface area contributed by atoms with E-state index in [4.69, 9.17) is 12.3 Å². The van der Waals surface area contributed by atoms with Crippen molar-refractivity contribution in [3.63, 3.8) is 0 Å². The van der Waals surface area contributed by atoms with Gasteiger partial charge in [-0.15, -0.1) is 10.2 Å². The van der Waals surface area contributed by atoms with Crippen molar-refractivity contribution >= 4 is 23.0 Å². The first-order chi connectivity index (χ1) is 13.7. The quantitative estimate of drug-likeness (QED) is 0.474. The topological polar surface area (TPSA) is 127 Å². The molecule has 2 aliphatic heterocycles. The van der Waals surface area contributed by atoms with Crippen LogP contribution in [0.1, 0.15) is 43.8 Å². The molecule has 2 aromatic heterocycles. The Bertz CT molecular complexity index is 891. The van der Waals surface area contributed by atoms with Crippen LogP contribution >= 0.6 is 0 Å². The molecule has 0 aromatic carbocycles. The van der Waals surface area contributed by atoms with Crippen LogP contribution in [-0.2, 0) is 0 Å². The van der Waals surface area contributed by atoms with E-state index in [1.165, 1.54) is 6.20 Å². The lowest BCUT2D eigenvalue weighted by atomic mass is 10.1. The van der Waals surface area contributed by atoms with Crippen LogP contribution in [0.3, 0.4) is 0 Å². The monoisotopic (exact) mass is 383 g/mol. The molecule has 148 valence electrons. The Balaban J connectivity index is 1.63. The molecule has 0 saturated carbocycles. The van der Waals surface area contributed by atoms with Crippen LogP contribution < -0.4 is 21.7 Å². The standard InChI is InChI=1S/C17H25N11/c1-11-14(15(18)28(26-11)17-21-8-5-9-22-17)24-25-16-12(19-2)10-23-27(16)13-6-3-4-7-20-13/h10,13,17,20-22H,3-9,18H2,1H3. The Morgan fingerprint density at radius 2 is 1.93 bits per heavy atom. The summed E-state index contributed by atoms with van der Waals surface area (Å²) in [6, 6.07) is 0. The summed E-state index contributed by atoms with van der Waals surface area (Å²) in [5, 5.41) is 27.7. The zero-order valence-electron chi connectivity index (χ0n) is 15.9. The van der Waals surface area contributed by atoms with E-state index in [0.29, 0.717) is 28.7 Å². The summed E-state index contributed by atoms with van der Waals surface area (Å²) in [6.07, 6.45) is 5.65. The van der Waals surface area contributed by atoms with E-state index >= 15 is 0 Å². The van der Waals surface area contributed by atoms with Crippen molar-refractivity contribution in [1.29, 1.82) is 0 Å². The number of aryl methyl sites for hydroxylation is 1. The molecule has 2 aliphatic rings. The first-order valence-electron chi connectivity index (χ1n) is 9.60. The van der Waals surface area contributed by atoms with E-state index in [9.17, 15) is 0 Å². The molecule has 0 radical (unpaired) electrons. The minimum atomic E-state index is -0.160. The first kappa shape index (κ1) is 18.5. The summed E-state index contributed by atoms with van der Waals surface area (Å²) in [5.74, 6) is 0.870. The zero-order valence-corrected chi connectivity index (χ0v) is 15.9. The van der Waals surface area contributed by atoms with Gasteiger partial charge in [0.05, 0.1) is 18.5 Å². The molecule has 4 heterocycles. The van der Waals surface area contributed by atoms with Gasteiger partial charge in [0.15, 0.2) is 23.6 Å². The van der Waals surface area contributed by atoms with Gasteiger partial charge in [0.1, 0.15) is 6.17 Å². The molecule has 11 heteroatoms. The van der Waals surface area contributed by atoms with Gasteiger partial charge < -0.3 is 5.73 Å². The van der Waals surface area contributed by atoms with Crippen molar-refractivity contribution in [2.24, 2.45) is 10.2 Å². The van der Waals surface area contributed by atoms with Crippen molar-refractivity contribution in [1.82, 2.24) is 35.5 Å². The Kier molecular flexibility index (Phi) is 5.34. The molecule has 2 fully saturated rings. The molecule has 4 rings (SSSR count). The number of nitrogens with zero attached hydrogens (tertiary/aromatic N) is 7. The summed E-state index contributed by atoms with van der Waals surface area (Å²) in [6.45, 7) is 12.0. The van der Waals surface area contributed by atoms with Crippen LogP contribution in [0.25, 0.3) is 4.85 Å². The molecule has 11 nitrogen and oxygen atoms in total. The fraction of sp³-hybridized carbons (Fsp3) is 0.588. The number of azo groups is 1. The van der Waals surface area contributed by atoms with Gasteiger partial charge in [-0.1, -0.05) is 0 Å². The number of rotatable bonds is 4. The van der Waals surface area contributed by atoms with Gasteiger partial charge in [0.2, 0.25) is 0 Å². The van der Waals surface area contributed by atoms with Gasteiger partial charge in [0.25, 0.3) is 5.69 Å². The van der Waals surface area contributed by atoms with Gasteiger partial charge in [0, 0.05) is 0 Å². The molecule has 28 heavy (non-hydrogen) atoms. The molecule has 0 spiro atoms. The third-order valence-corrected chi connectivity index (χ3v) is 5.06. The lowest BCUT2D eigenvalue weighted by Crippen LogP contribution is -2.45. The molecule has 2 saturated heterocycles. The summed E-state index contributed by atoms with van der Waals surface area (Å²) < 4.78 is 3.44. The maximum atomic E-state index is 7.41. The summed E-state index contributed by atoms with van der Waals surface area (Å²) in [7, 11) is 0. The highest BCUT2D eigenvalue weighted by atomic mass is 15.5. The van der Waals surface area contributed by atoms with E-state index in [1.807, 2.05) is 6.92 Å². The van der Waals surface area contributed by atoms with Crippen LogP contribution in [-0.4, -0.2) is 39.2 Å². The number of nitrogens with two attached hydrogens (primary N) is 1. The van der Waals surface area contributed by atoms with Gasteiger partial charge in [-0.05, 0) is 52.2 Å². The van der Waals surface area contributed by atoms with Crippen LogP contribution in [0.5, 0.6) is 0 Å². The van der Waals surface area contributed by atoms with E-state index in [1.54, 1.807) is 9.36 Å². The van der Waals surface area contributed by atoms with Crippen LogP contribution in [0.4, 0.5) is 23.0 Å². The fourth-order valence-electron chi connectivity index (χ4n) is 3.58. The average molecular weight is 383 g/mol.